The van der Waals surface area contributed by atoms with Gasteiger partial charge in [-0.15, -0.1) is 0 Å². The van der Waals surface area contributed by atoms with E-state index in [-0.39, 0.29) is 5.82 Å². The molecule has 1 aliphatic rings. The minimum absolute atomic E-state index is 0.273. The lowest BCUT2D eigenvalue weighted by Crippen LogP contribution is -2.21. The number of hydrogen-bond acceptors (Lipinski definition) is 4. The van der Waals surface area contributed by atoms with Crippen LogP contribution in [0.5, 0.6) is 0 Å². The molecule has 1 atom stereocenters. The van der Waals surface area contributed by atoms with Gasteiger partial charge in [0.05, 0.1) is 5.52 Å². The molecule has 0 saturated carbocycles. The van der Waals surface area contributed by atoms with Crippen LogP contribution in [-0.2, 0) is 0 Å². The number of halogens is 1. The van der Waals surface area contributed by atoms with Crippen molar-refractivity contribution in [1.82, 2.24) is 15.0 Å². The molecule has 4 nitrogen and oxygen atoms in total. The summed E-state index contributed by atoms with van der Waals surface area (Å²) in [6.07, 6.45) is 4.38. The third-order valence-electron chi connectivity index (χ3n) is 4.17. The molecule has 3 aromatic rings. The van der Waals surface area contributed by atoms with Crippen LogP contribution in [0.3, 0.4) is 0 Å². The molecule has 0 aliphatic carbocycles. The Balaban J connectivity index is 1.66. The van der Waals surface area contributed by atoms with Crippen molar-refractivity contribution in [1.29, 1.82) is 0 Å². The van der Waals surface area contributed by atoms with Crippen LogP contribution >= 0.6 is 0 Å². The first-order chi connectivity index (χ1) is 10.8. The van der Waals surface area contributed by atoms with Gasteiger partial charge in [0.15, 0.2) is 0 Å². The van der Waals surface area contributed by atoms with E-state index in [9.17, 15) is 4.39 Å². The van der Waals surface area contributed by atoms with E-state index in [1.165, 1.54) is 18.5 Å². The molecular weight excluding hydrogens is 279 g/mol. The summed E-state index contributed by atoms with van der Waals surface area (Å²) in [5.74, 6) is 1.01. The fourth-order valence-electron chi connectivity index (χ4n) is 3.08. The van der Waals surface area contributed by atoms with E-state index in [0.29, 0.717) is 11.4 Å². The maximum absolute atomic E-state index is 13.3. The molecular formula is C17H15FN4. The molecule has 2 aromatic heterocycles. The molecule has 0 N–H and O–H groups in total. The van der Waals surface area contributed by atoms with Crippen LogP contribution in [0, 0.1) is 5.82 Å². The second-order valence-electron chi connectivity index (χ2n) is 5.54. The van der Waals surface area contributed by atoms with E-state index in [4.69, 9.17) is 0 Å². The number of aromatic nitrogens is 3. The Labute approximate surface area is 127 Å². The Morgan fingerprint density at radius 3 is 2.91 bits per heavy atom. The maximum atomic E-state index is 13.3. The van der Waals surface area contributed by atoms with Crippen molar-refractivity contribution in [2.24, 2.45) is 0 Å². The molecule has 110 valence electrons. The quantitative estimate of drug-likeness (QED) is 0.728. The van der Waals surface area contributed by atoms with Gasteiger partial charge in [0, 0.05) is 42.4 Å². The minimum atomic E-state index is -0.273. The SMILES string of the molecule is Fc1ccc2c(N3CCC(c4ccccn4)C3)ncnc2c1. The monoisotopic (exact) mass is 294 g/mol. The lowest BCUT2D eigenvalue weighted by atomic mass is 10.0. The van der Waals surface area contributed by atoms with E-state index < -0.39 is 0 Å². The summed E-state index contributed by atoms with van der Waals surface area (Å²) in [6.45, 7) is 1.80. The number of nitrogens with zero attached hydrogens (tertiary/aromatic N) is 4. The Morgan fingerprint density at radius 1 is 1.09 bits per heavy atom. The zero-order valence-corrected chi connectivity index (χ0v) is 12.0. The van der Waals surface area contributed by atoms with Crippen LogP contribution in [0.4, 0.5) is 10.2 Å². The molecule has 1 unspecified atom stereocenters. The third kappa shape index (κ3) is 2.28. The summed E-state index contributed by atoms with van der Waals surface area (Å²) in [4.78, 5) is 15.3. The zero-order valence-electron chi connectivity index (χ0n) is 12.0. The normalized spacial score (nSPS) is 18.0. The second kappa shape index (κ2) is 5.33. The van der Waals surface area contributed by atoms with Crippen LogP contribution in [0.1, 0.15) is 18.0 Å². The van der Waals surface area contributed by atoms with Gasteiger partial charge < -0.3 is 4.90 Å². The molecule has 4 rings (SSSR count). The molecule has 1 aliphatic heterocycles. The molecule has 0 bridgehead atoms. The van der Waals surface area contributed by atoms with Crippen LogP contribution in [-0.4, -0.2) is 28.0 Å². The molecule has 1 fully saturated rings. The molecule has 0 radical (unpaired) electrons. The summed E-state index contributed by atoms with van der Waals surface area (Å²) in [7, 11) is 0. The van der Waals surface area contributed by atoms with E-state index >= 15 is 0 Å². The van der Waals surface area contributed by atoms with E-state index in [1.807, 2.05) is 18.3 Å². The lowest BCUT2D eigenvalue weighted by Gasteiger charge is -2.19. The first-order valence-electron chi connectivity index (χ1n) is 7.37. The first-order valence-corrected chi connectivity index (χ1v) is 7.37. The number of pyridine rings is 1. The second-order valence-corrected chi connectivity index (χ2v) is 5.54. The predicted octanol–water partition coefficient (Wildman–Crippen LogP) is 3.16. The van der Waals surface area contributed by atoms with Crippen LogP contribution < -0.4 is 4.90 Å². The number of hydrogen-bond donors (Lipinski definition) is 0. The molecule has 1 aromatic carbocycles. The van der Waals surface area contributed by atoms with Gasteiger partial charge in [-0.1, -0.05) is 6.07 Å². The smallest absolute Gasteiger partial charge is 0.139 e. The van der Waals surface area contributed by atoms with Gasteiger partial charge in [-0.05, 0) is 30.7 Å². The van der Waals surface area contributed by atoms with Gasteiger partial charge in [-0.3, -0.25) is 4.98 Å². The molecule has 1 saturated heterocycles. The van der Waals surface area contributed by atoms with Crippen molar-refractivity contribution in [3.05, 3.63) is 60.4 Å². The summed E-state index contributed by atoms with van der Waals surface area (Å²) in [6, 6.07) is 10.7. The van der Waals surface area contributed by atoms with Crippen LogP contribution in [0.15, 0.2) is 48.9 Å². The number of anilines is 1. The largest absolute Gasteiger partial charge is 0.355 e. The van der Waals surface area contributed by atoms with Gasteiger partial charge in [-0.25, -0.2) is 14.4 Å². The van der Waals surface area contributed by atoms with Crippen LogP contribution in [0.25, 0.3) is 10.9 Å². The minimum Gasteiger partial charge on any atom is -0.355 e. The molecule has 5 heteroatoms. The van der Waals surface area contributed by atoms with Crippen molar-refractivity contribution >= 4 is 16.7 Å². The highest BCUT2D eigenvalue weighted by Gasteiger charge is 2.26. The van der Waals surface area contributed by atoms with E-state index in [2.05, 4.69) is 25.9 Å². The van der Waals surface area contributed by atoms with Crippen molar-refractivity contribution in [2.45, 2.75) is 12.3 Å². The third-order valence-corrected chi connectivity index (χ3v) is 4.17. The molecule has 22 heavy (non-hydrogen) atoms. The van der Waals surface area contributed by atoms with E-state index in [0.717, 1.165) is 36.4 Å². The number of rotatable bonds is 2. The summed E-state index contributed by atoms with van der Waals surface area (Å²) < 4.78 is 13.3. The van der Waals surface area contributed by atoms with Crippen molar-refractivity contribution in [3.8, 4) is 0 Å². The molecule has 0 amide bonds. The fourth-order valence-corrected chi connectivity index (χ4v) is 3.08. The van der Waals surface area contributed by atoms with Crippen molar-refractivity contribution in [3.63, 3.8) is 0 Å². The number of fused-ring (bicyclic) bond motifs is 1. The van der Waals surface area contributed by atoms with E-state index in [1.54, 1.807) is 6.07 Å². The van der Waals surface area contributed by atoms with Gasteiger partial charge in [0.1, 0.15) is 18.0 Å². The highest BCUT2D eigenvalue weighted by Crippen LogP contribution is 2.32. The maximum Gasteiger partial charge on any atom is 0.139 e. The Hall–Kier alpha value is -2.56. The average molecular weight is 294 g/mol. The van der Waals surface area contributed by atoms with Crippen molar-refractivity contribution < 1.29 is 4.39 Å². The van der Waals surface area contributed by atoms with Gasteiger partial charge >= 0.3 is 0 Å². The Kier molecular flexibility index (Phi) is 3.18. The van der Waals surface area contributed by atoms with Crippen LogP contribution in [0.2, 0.25) is 0 Å². The number of benzene rings is 1. The highest BCUT2D eigenvalue weighted by atomic mass is 19.1. The zero-order chi connectivity index (χ0) is 14.9. The standard InChI is InChI=1S/C17H15FN4/c18-13-4-5-14-16(9-13)20-11-21-17(14)22-8-6-12(10-22)15-3-1-2-7-19-15/h1-5,7,9,11-12H,6,8,10H2. The predicted molar refractivity (Wildman–Crippen MR) is 83.3 cm³/mol. The summed E-state index contributed by atoms with van der Waals surface area (Å²) >= 11 is 0. The molecule has 3 heterocycles. The Bertz CT molecular complexity index is 806. The van der Waals surface area contributed by atoms with Gasteiger partial charge in [0.2, 0.25) is 0 Å². The fraction of sp³-hybridized carbons (Fsp3) is 0.235. The topological polar surface area (TPSA) is 41.9 Å². The summed E-state index contributed by atoms with van der Waals surface area (Å²) in [5, 5.41) is 0.894. The van der Waals surface area contributed by atoms with Crippen molar-refractivity contribution in [2.75, 3.05) is 18.0 Å². The Morgan fingerprint density at radius 2 is 2.05 bits per heavy atom. The summed E-state index contributed by atoms with van der Waals surface area (Å²) in [5.41, 5.74) is 1.76. The average Bonchev–Trinajstić information content (AvgIpc) is 3.04. The molecule has 0 spiro atoms. The van der Waals surface area contributed by atoms with Gasteiger partial charge in [-0.2, -0.15) is 0 Å². The highest BCUT2D eigenvalue weighted by molar-refractivity contribution is 5.89. The lowest BCUT2D eigenvalue weighted by molar-refractivity contribution is 0.629. The first kappa shape index (κ1) is 13.1. The van der Waals surface area contributed by atoms with Gasteiger partial charge in [0.25, 0.3) is 0 Å².